The van der Waals surface area contributed by atoms with Gasteiger partial charge in [-0.15, -0.1) is 0 Å². The van der Waals surface area contributed by atoms with Crippen LogP contribution in [0.1, 0.15) is 37.7 Å². The zero-order valence-corrected chi connectivity index (χ0v) is 11.8. The number of hydrogen-bond donors (Lipinski definition) is 0. The molecule has 2 aromatic rings. The molecular weight excluding hydrogens is 254 g/mol. The van der Waals surface area contributed by atoms with Crippen molar-refractivity contribution in [3.05, 3.63) is 58.4 Å². The van der Waals surface area contributed by atoms with Crippen molar-refractivity contribution in [1.82, 2.24) is 4.57 Å². The molecule has 0 aliphatic carbocycles. The van der Waals surface area contributed by atoms with Gasteiger partial charge in [0, 0.05) is 23.5 Å². The SMILES string of the molecule is COC(=O)c1cccc(Cn2c(C)cc(C=O)c2C)c1. The number of aldehydes is 1. The number of methoxy groups -OCH3 is 1. The van der Waals surface area contributed by atoms with E-state index in [0.29, 0.717) is 17.7 Å². The molecular formula is C16H17NO3. The second-order valence-corrected chi connectivity index (χ2v) is 4.72. The molecule has 4 heteroatoms. The second-order valence-electron chi connectivity index (χ2n) is 4.72. The molecule has 0 saturated heterocycles. The minimum Gasteiger partial charge on any atom is -0.465 e. The molecule has 0 bridgehead atoms. The molecule has 0 atom stereocenters. The van der Waals surface area contributed by atoms with Gasteiger partial charge in [-0.1, -0.05) is 12.1 Å². The van der Waals surface area contributed by atoms with E-state index in [1.54, 1.807) is 6.07 Å². The average Bonchev–Trinajstić information content (AvgIpc) is 2.74. The van der Waals surface area contributed by atoms with Gasteiger partial charge >= 0.3 is 5.97 Å². The minimum atomic E-state index is -0.346. The van der Waals surface area contributed by atoms with Crippen molar-refractivity contribution in [2.75, 3.05) is 7.11 Å². The zero-order chi connectivity index (χ0) is 14.7. The lowest BCUT2D eigenvalue weighted by atomic mass is 10.1. The quantitative estimate of drug-likeness (QED) is 0.634. The minimum absolute atomic E-state index is 0.346. The fourth-order valence-corrected chi connectivity index (χ4v) is 2.29. The van der Waals surface area contributed by atoms with Crippen LogP contribution in [0.5, 0.6) is 0 Å². The number of aromatic nitrogens is 1. The molecule has 0 N–H and O–H groups in total. The number of esters is 1. The van der Waals surface area contributed by atoms with Crippen molar-refractivity contribution in [2.45, 2.75) is 20.4 Å². The van der Waals surface area contributed by atoms with Crippen molar-refractivity contribution < 1.29 is 14.3 Å². The third-order valence-corrected chi connectivity index (χ3v) is 3.43. The van der Waals surface area contributed by atoms with Crippen molar-refractivity contribution in [1.29, 1.82) is 0 Å². The van der Waals surface area contributed by atoms with Crippen LogP contribution in [0, 0.1) is 13.8 Å². The molecule has 1 heterocycles. The first kappa shape index (κ1) is 14.1. The van der Waals surface area contributed by atoms with Crippen LogP contribution in [-0.4, -0.2) is 23.9 Å². The first-order valence-electron chi connectivity index (χ1n) is 6.36. The second kappa shape index (κ2) is 5.74. The number of benzene rings is 1. The number of hydrogen-bond acceptors (Lipinski definition) is 3. The van der Waals surface area contributed by atoms with Gasteiger partial charge in [0.2, 0.25) is 0 Å². The molecule has 0 spiro atoms. The van der Waals surface area contributed by atoms with Crippen molar-refractivity contribution in [2.24, 2.45) is 0 Å². The summed E-state index contributed by atoms with van der Waals surface area (Å²) < 4.78 is 6.77. The predicted molar refractivity (Wildman–Crippen MR) is 76.2 cm³/mol. The van der Waals surface area contributed by atoms with Gasteiger partial charge in [-0.3, -0.25) is 4.79 Å². The van der Waals surface area contributed by atoms with Gasteiger partial charge in [-0.25, -0.2) is 4.79 Å². The number of nitrogens with zero attached hydrogens (tertiary/aromatic N) is 1. The molecule has 2 rings (SSSR count). The predicted octanol–water partition coefficient (Wildman–Crippen LogP) is 2.75. The Morgan fingerprint density at radius 2 is 2.05 bits per heavy atom. The fourth-order valence-electron chi connectivity index (χ4n) is 2.29. The molecule has 1 aromatic carbocycles. The Bertz CT molecular complexity index is 656. The van der Waals surface area contributed by atoms with Crippen molar-refractivity contribution in [3.8, 4) is 0 Å². The summed E-state index contributed by atoms with van der Waals surface area (Å²) >= 11 is 0. The first-order valence-corrected chi connectivity index (χ1v) is 6.36. The summed E-state index contributed by atoms with van der Waals surface area (Å²) in [6.07, 6.45) is 0.865. The third-order valence-electron chi connectivity index (χ3n) is 3.43. The Labute approximate surface area is 118 Å². The maximum Gasteiger partial charge on any atom is 0.337 e. The van der Waals surface area contributed by atoms with Crippen LogP contribution in [0.3, 0.4) is 0 Å². The van der Waals surface area contributed by atoms with E-state index in [0.717, 1.165) is 23.2 Å². The highest BCUT2D eigenvalue weighted by atomic mass is 16.5. The van der Waals surface area contributed by atoms with Crippen LogP contribution in [0.15, 0.2) is 30.3 Å². The van der Waals surface area contributed by atoms with Gasteiger partial charge in [-0.05, 0) is 37.6 Å². The molecule has 4 nitrogen and oxygen atoms in total. The fraction of sp³-hybridized carbons (Fsp3) is 0.250. The highest BCUT2D eigenvalue weighted by molar-refractivity contribution is 5.89. The smallest absolute Gasteiger partial charge is 0.337 e. The van der Waals surface area contributed by atoms with E-state index in [1.165, 1.54) is 7.11 Å². The molecule has 0 amide bonds. The molecule has 20 heavy (non-hydrogen) atoms. The molecule has 1 aromatic heterocycles. The van der Waals surface area contributed by atoms with Crippen LogP contribution in [-0.2, 0) is 11.3 Å². The maximum absolute atomic E-state index is 11.5. The van der Waals surface area contributed by atoms with Crippen LogP contribution < -0.4 is 0 Å². The third kappa shape index (κ3) is 2.64. The molecule has 0 unspecified atom stereocenters. The number of carbonyl (C=O) groups excluding carboxylic acids is 2. The number of rotatable bonds is 4. The lowest BCUT2D eigenvalue weighted by molar-refractivity contribution is 0.0600. The summed E-state index contributed by atoms with van der Waals surface area (Å²) in [7, 11) is 1.37. The Hall–Kier alpha value is -2.36. The number of aryl methyl sites for hydroxylation is 1. The zero-order valence-electron chi connectivity index (χ0n) is 11.8. The lowest BCUT2D eigenvalue weighted by Crippen LogP contribution is -2.06. The summed E-state index contributed by atoms with van der Waals surface area (Å²) in [6.45, 7) is 4.50. The van der Waals surface area contributed by atoms with Gasteiger partial charge in [0.15, 0.2) is 6.29 Å². The topological polar surface area (TPSA) is 48.3 Å². The maximum atomic E-state index is 11.5. The number of carbonyl (C=O) groups is 2. The highest BCUT2D eigenvalue weighted by Gasteiger charge is 2.10. The van der Waals surface area contributed by atoms with E-state index in [-0.39, 0.29) is 5.97 Å². The van der Waals surface area contributed by atoms with E-state index in [1.807, 2.05) is 38.1 Å². The van der Waals surface area contributed by atoms with Gasteiger partial charge in [-0.2, -0.15) is 0 Å². The first-order chi connectivity index (χ1) is 9.56. The van der Waals surface area contributed by atoms with E-state index >= 15 is 0 Å². The van der Waals surface area contributed by atoms with Gasteiger partial charge in [0.25, 0.3) is 0 Å². The van der Waals surface area contributed by atoms with Gasteiger partial charge in [0.05, 0.1) is 12.7 Å². The van der Waals surface area contributed by atoms with E-state index in [2.05, 4.69) is 4.57 Å². The molecule has 0 aliphatic heterocycles. The van der Waals surface area contributed by atoms with Crippen LogP contribution in [0.2, 0.25) is 0 Å². The monoisotopic (exact) mass is 271 g/mol. The Morgan fingerprint density at radius 3 is 2.65 bits per heavy atom. The van der Waals surface area contributed by atoms with E-state index in [9.17, 15) is 9.59 Å². The molecule has 0 saturated carbocycles. The summed E-state index contributed by atoms with van der Waals surface area (Å²) in [5, 5.41) is 0. The molecule has 0 radical (unpaired) electrons. The van der Waals surface area contributed by atoms with Crippen LogP contribution >= 0.6 is 0 Å². The van der Waals surface area contributed by atoms with Crippen LogP contribution in [0.25, 0.3) is 0 Å². The largest absolute Gasteiger partial charge is 0.465 e. The van der Waals surface area contributed by atoms with E-state index in [4.69, 9.17) is 4.74 Å². The highest BCUT2D eigenvalue weighted by Crippen LogP contribution is 2.16. The summed E-state index contributed by atoms with van der Waals surface area (Å²) in [5.74, 6) is -0.346. The van der Waals surface area contributed by atoms with Gasteiger partial charge in [0.1, 0.15) is 0 Å². The molecule has 0 fully saturated rings. The summed E-state index contributed by atoms with van der Waals surface area (Å²) in [4.78, 5) is 22.5. The number of ether oxygens (including phenoxy) is 1. The van der Waals surface area contributed by atoms with Gasteiger partial charge < -0.3 is 9.30 Å². The van der Waals surface area contributed by atoms with Crippen LogP contribution in [0.4, 0.5) is 0 Å². The Morgan fingerprint density at radius 1 is 1.30 bits per heavy atom. The summed E-state index contributed by atoms with van der Waals surface area (Å²) in [5.41, 5.74) is 4.18. The average molecular weight is 271 g/mol. The van der Waals surface area contributed by atoms with Crippen molar-refractivity contribution in [3.63, 3.8) is 0 Å². The van der Waals surface area contributed by atoms with Crippen molar-refractivity contribution >= 4 is 12.3 Å². The summed E-state index contributed by atoms with van der Waals surface area (Å²) in [6, 6.07) is 9.18. The standard InChI is InChI=1S/C16H17NO3/c1-11-7-15(10-18)12(2)17(11)9-13-5-4-6-14(8-13)16(19)20-3/h4-8,10H,9H2,1-3H3. The normalized spacial score (nSPS) is 10.3. The lowest BCUT2D eigenvalue weighted by Gasteiger charge is -2.10. The van der Waals surface area contributed by atoms with E-state index < -0.39 is 0 Å². The molecule has 104 valence electrons. The molecule has 0 aliphatic rings. The Kier molecular flexibility index (Phi) is 4.03. The Balaban J connectivity index is 2.33.